The first-order chi connectivity index (χ1) is 12.8. The summed E-state index contributed by atoms with van der Waals surface area (Å²) in [5.41, 5.74) is 5.20. The highest BCUT2D eigenvalue weighted by atomic mass is 16.1. The second-order valence-corrected chi connectivity index (χ2v) is 7.48. The quantitative estimate of drug-likeness (QED) is 0.571. The molecule has 130 valence electrons. The van der Waals surface area contributed by atoms with Crippen LogP contribution in [0.1, 0.15) is 49.0 Å². The molecule has 2 fully saturated rings. The monoisotopic (exact) mass is 345 g/mol. The van der Waals surface area contributed by atoms with E-state index in [2.05, 4.69) is 15.6 Å². The lowest BCUT2D eigenvalue weighted by atomic mass is 10.2. The van der Waals surface area contributed by atoms with Crippen molar-refractivity contribution in [1.29, 1.82) is 0 Å². The largest absolute Gasteiger partial charge is 0.329 e. The Balaban J connectivity index is 1.56. The summed E-state index contributed by atoms with van der Waals surface area (Å²) in [5, 5.41) is 0. The molecule has 0 amide bonds. The minimum absolute atomic E-state index is 0.0642. The maximum Gasteiger partial charge on any atom is 0.329 e. The number of hydrogen-bond acceptors (Lipinski definition) is 3. The first-order valence-electron chi connectivity index (χ1n) is 9.32. The molecule has 0 aromatic carbocycles. The molecule has 2 aliphatic carbocycles. The zero-order valence-electron chi connectivity index (χ0n) is 14.4. The third-order valence-electron chi connectivity index (χ3n) is 5.59. The summed E-state index contributed by atoms with van der Waals surface area (Å²) in [6, 6.07) is 8.39. The van der Waals surface area contributed by atoms with Crippen molar-refractivity contribution in [2.24, 2.45) is 0 Å². The van der Waals surface area contributed by atoms with E-state index in [4.69, 9.17) is 4.98 Å². The van der Waals surface area contributed by atoms with Crippen LogP contribution in [0.15, 0.2) is 47.7 Å². The van der Waals surface area contributed by atoms with Crippen molar-refractivity contribution in [2.75, 3.05) is 0 Å². The van der Waals surface area contributed by atoms with Gasteiger partial charge in [0, 0.05) is 24.4 Å². The number of hydrogen-bond donors (Lipinski definition) is 0. The van der Waals surface area contributed by atoms with Gasteiger partial charge in [0.25, 0.3) is 0 Å². The Bertz CT molecular complexity index is 1210. The summed E-state index contributed by atoms with van der Waals surface area (Å²) in [7, 11) is 0. The summed E-state index contributed by atoms with van der Waals surface area (Å²) >= 11 is 0. The molecule has 0 saturated heterocycles. The molecule has 26 heavy (non-hydrogen) atoms. The molecular weight excluding hydrogens is 326 g/mol. The molecule has 6 nitrogen and oxygen atoms in total. The fourth-order valence-corrected chi connectivity index (χ4v) is 4.08. The smallest absolute Gasteiger partial charge is 0.303 e. The van der Waals surface area contributed by atoms with Gasteiger partial charge in [-0.05, 0) is 43.9 Å². The van der Waals surface area contributed by atoms with Gasteiger partial charge in [-0.1, -0.05) is 6.07 Å². The summed E-state index contributed by atoms with van der Waals surface area (Å²) in [6.45, 7) is 0.508. The zero-order valence-corrected chi connectivity index (χ0v) is 14.4. The van der Waals surface area contributed by atoms with E-state index in [0.717, 1.165) is 35.2 Å². The third-order valence-corrected chi connectivity index (χ3v) is 5.59. The van der Waals surface area contributed by atoms with Gasteiger partial charge in [-0.3, -0.25) is 14.1 Å². The normalized spacial score (nSPS) is 17.4. The van der Waals surface area contributed by atoms with Crippen LogP contribution in [0.5, 0.6) is 0 Å². The molecule has 0 unspecified atom stereocenters. The van der Waals surface area contributed by atoms with Gasteiger partial charge in [0.05, 0.1) is 35.2 Å². The van der Waals surface area contributed by atoms with Gasteiger partial charge in [0.15, 0.2) is 0 Å². The van der Waals surface area contributed by atoms with E-state index in [1.165, 1.54) is 18.5 Å². The second-order valence-electron chi connectivity index (χ2n) is 7.48. The molecule has 0 spiro atoms. The van der Waals surface area contributed by atoms with Crippen LogP contribution in [0.25, 0.3) is 16.7 Å². The maximum atomic E-state index is 13.1. The number of pyridine rings is 2. The Morgan fingerprint density at radius 2 is 1.96 bits per heavy atom. The second kappa shape index (κ2) is 5.06. The zero-order chi connectivity index (χ0) is 17.3. The standard InChI is InChI=1S/C20H19N5O/c26-20-24(17-11-21-9-8-16(17)25(20)14-6-7-14)12-15-19(13-4-5-13)23-10-2-1-3-18(23)22-15/h1-3,8-11,13-14H,4-7,12H2. The molecule has 2 aliphatic rings. The first-order valence-corrected chi connectivity index (χ1v) is 9.32. The number of aromatic nitrogens is 5. The number of fused-ring (bicyclic) bond motifs is 2. The molecule has 4 heterocycles. The molecule has 0 atom stereocenters. The predicted molar refractivity (Wildman–Crippen MR) is 98.5 cm³/mol. The van der Waals surface area contributed by atoms with Crippen LogP contribution in [0, 0.1) is 0 Å². The lowest BCUT2D eigenvalue weighted by molar-refractivity contribution is 0.664. The van der Waals surface area contributed by atoms with Crippen molar-refractivity contribution in [3.63, 3.8) is 0 Å². The maximum absolute atomic E-state index is 13.1. The lowest BCUT2D eigenvalue weighted by Crippen LogP contribution is -2.24. The highest BCUT2D eigenvalue weighted by Crippen LogP contribution is 2.42. The van der Waals surface area contributed by atoms with E-state index in [-0.39, 0.29) is 5.69 Å². The van der Waals surface area contributed by atoms with E-state index < -0.39 is 0 Å². The van der Waals surface area contributed by atoms with E-state index >= 15 is 0 Å². The van der Waals surface area contributed by atoms with Gasteiger partial charge in [-0.2, -0.15) is 0 Å². The summed E-state index contributed by atoms with van der Waals surface area (Å²) in [5.74, 6) is 0.563. The summed E-state index contributed by atoms with van der Waals surface area (Å²) < 4.78 is 5.99. The number of rotatable bonds is 4. The summed E-state index contributed by atoms with van der Waals surface area (Å²) in [4.78, 5) is 22.3. The highest BCUT2D eigenvalue weighted by Gasteiger charge is 2.32. The lowest BCUT2D eigenvalue weighted by Gasteiger charge is -2.05. The Morgan fingerprint density at radius 1 is 1.08 bits per heavy atom. The molecular formula is C20H19N5O. The predicted octanol–water partition coefficient (Wildman–Crippen LogP) is 3.11. The topological polar surface area (TPSA) is 57.1 Å². The fraction of sp³-hybridized carbons (Fsp3) is 0.350. The van der Waals surface area contributed by atoms with Gasteiger partial charge in [0.2, 0.25) is 0 Å². The average molecular weight is 345 g/mol. The Hall–Kier alpha value is -2.89. The molecule has 2 saturated carbocycles. The van der Waals surface area contributed by atoms with Crippen molar-refractivity contribution in [3.8, 4) is 0 Å². The Labute approximate surface area is 149 Å². The molecule has 4 aromatic rings. The van der Waals surface area contributed by atoms with Gasteiger partial charge in [0.1, 0.15) is 5.65 Å². The van der Waals surface area contributed by atoms with E-state index in [1.54, 1.807) is 6.20 Å². The van der Waals surface area contributed by atoms with Crippen molar-refractivity contribution >= 4 is 16.7 Å². The third kappa shape index (κ3) is 2.01. The van der Waals surface area contributed by atoms with Crippen LogP contribution in [-0.2, 0) is 6.54 Å². The molecule has 6 rings (SSSR count). The van der Waals surface area contributed by atoms with Crippen molar-refractivity contribution < 1.29 is 0 Å². The molecule has 4 aromatic heterocycles. The molecule has 0 aliphatic heterocycles. The van der Waals surface area contributed by atoms with Crippen molar-refractivity contribution in [3.05, 3.63) is 64.7 Å². The van der Waals surface area contributed by atoms with Gasteiger partial charge in [-0.15, -0.1) is 0 Å². The van der Waals surface area contributed by atoms with Crippen molar-refractivity contribution in [1.82, 2.24) is 23.5 Å². The Kier molecular flexibility index (Phi) is 2.78. The van der Waals surface area contributed by atoms with E-state index in [1.807, 2.05) is 39.6 Å². The van der Waals surface area contributed by atoms with Gasteiger partial charge >= 0.3 is 5.69 Å². The van der Waals surface area contributed by atoms with Crippen LogP contribution in [0.2, 0.25) is 0 Å². The van der Waals surface area contributed by atoms with Crippen LogP contribution >= 0.6 is 0 Å². The van der Waals surface area contributed by atoms with Crippen LogP contribution in [0.4, 0.5) is 0 Å². The number of nitrogens with zero attached hydrogens (tertiary/aromatic N) is 5. The van der Waals surface area contributed by atoms with Crippen LogP contribution in [0.3, 0.4) is 0 Å². The van der Waals surface area contributed by atoms with E-state index in [0.29, 0.717) is 18.5 Å². The average Bonchev–Trinajstić information content (AvgIpc) is 3.59. The molecule has 6 heteroatoms. The van der Waals surface area contributed by atoms with Crippen LogP contribution in [-0.4, -0.2) is 23.5 Å². The summed E-state index contributed by atoms with van der Waals surface area (Å²) in [6.07, 6.45) is 10.2. The number of imidazole rings is 2. The molecule has 0 radical (unpaired) electrons. The van der Waals surface area contributed by atoms with Gasteiger partial charge < -0.3 is 4.40 Å². The Morgan fingerprint density at radius 3 is 2.77 bits per heavy atom. The molecule has 0 N–H and O–H groups in total. The highest BCUT2D eigenvalue weighted by molar-refractivity contribution is 5.75. The fourth-order valence-electron chi connectivity index (χ4n) is 4.08. The van der Waals surface area contributed by atoms with Crippen molar-refractivity contribution in [2.45, 2.75) is 44.2 Å². The minimum Gasteiger partial charge on any atom is -0.303 e. The minimum atomic E-state index is 0.0642. The molecule has 0 bridgehead atoms. The van der Waals surface area contributed by atoms with Gasteiger partial charge in [-0.25, -0.2) is 9.78 Å². The SMILES string of the molecule is O=c1n(Cc2nc3ccccn3c2C2CC2)c2cnccc2n1C1CC1. The van der Waals surface area contributed by atoms with E-state index in [9.17, 15) is 4.79 Å². The van der Waals surface area contributed by atoms with Crippen LogP contribution < -0.4 is 5.69 Å². The first kappa shape index (κ1) is 14.3.